The molecule has 0 saturated carbocycles. The lowest BCUT2D eigenvalue weighted by Gasteiger charge is -2.34. The van der Waals surface area contributed by atoms with Gasteiger partial charge in [0.2, 0.25) is 0 Å². The predicted molar refractivity (Wildman–Crippen MR) is 120 cm³/mol. The smallest absolute Gasteiger partial charge is 0.189 e. The van der Waals surface area contributed by atoms with Crippen molar-refractivity contribution in [1.29, 1.82) is 0 Å². The van der Waals surface area contributed by atoms with Crippen molar-refractivity contribution in [2.75, 3.05) is 33.2 Å². The Morgan fingerprint density at radius 3 is 2.80 bits per heavy atom. The molecule has 3 aromatic rings. The minimum atomic E-state index is -0.174. The molecule has 1 fully saturated rings. The summed E-state index contributed by atoms with van der Waals surface area (Å²) in [5.74, 6) is 0.455. The van der Waals surface area contributed by atoms with Crippen molar-refractivity contribution >= 4 is 10.9 Å². The molecule has 4 rings (SSSR count). The summed E-state index contributed by atoms with van der Waals surface area (Å²) in [6.45, 7) is 5.01. The molecule has 1 saturated heterocycles. The molecular weight excluding hydrogens is 377 g/mol. The number of nitrogens with one attached hydrogen (secondary N) is 1. The summed E-state index contributed by atoms with van der Waals surface area (Å²) < 4.78 is 13.1. The Kier molecular flexibility index (Phi) is 6.60. The van der Waals surface area contributed by atoms with Crippen LogP contribution in [-0.4, -0.2) is 48.0 Å². The van der Waals surface area contributed by atoms with Gasteiger partial charge in [-0.05, 0) is 68.6 Å². The van der Waals surface area contributed by atoms with E-state index in [1.807, 2.05) is 36.4 Å². The highest BCUT2D eigenvalue weighted by molar-refractivity contribution is 5.78. The molecule has 1 aliphatic heterocycles. The lowest BCUT2D eigenvalue weighted by Crippen LogP contribution is -2.40. The van der Waals surface area contributed by atoms with Crippen molar-refractivity contribution < 1.29 is 4.39 Å². The maximum Gasteiger partial charge on any atom is 0.189 e. The second kappa shape index (κ2) is 9.54. The van der Waals surface area contributed by atoms with E-state index in [-0.39, 0.29) is 11.2 Å². The second-order valence-electron chi connectivity index (χ2n) is 8.59. The number of piperidine rings is 1. The SMILES string of the molecule is CN(Cc1cc(=O)c2ccccc2[nH]1)CC1CCCN(CCc2ccc(F)cc2)C1. The summed E-state index contributed by atoms with van der Waals surface area (Å²) >= 11 is 0. The summed E-state index contributed by atoms with van der Waals surface area (Å²) in [5.41, 5.74) is 3.14. The van der Waals surface area contributed by atoms with E-state index in [0.717, 1.165) is 55.7 Å². The summed E-state index contributed by atoms with van der Waals surface area (Å²) in [7, 11) is 2.13. The van der Waals surface area contributed by atoms with E-state index in [1.165, 1.54) is 18.4 Å². The van der Waals surface area contributed by atoms with Gasteiger partial charge in [0.05, 0.1) is 0 Å². The van der Waals surface area contributed by atoms with Crippen LogP contribution in [0.5, 0.6) is 0 Å². The Balaban J connectivity index is 1.30. The van der Waals surface area contributed by atoms with Crippen LogP contribution in [0.2, 0.25) is 0 Å². The fourth-order valence-corrected chi connectivity index (χ4v) is 4.58. The Morgan fingerprint density at radius 1 is 1.17 bits per heavy atom. The molecule has 158 valence electrons. The monoisotopic (exact) mass is 407 g/mol. The third-order valence-corrected chi connectivity index (χ3v) is 6.04. The van der Waals surface area contributed by atoms with Gasteiger partial charge in [-0.15, -0.1) is 0 Å². The molecule has 1 aromatic heterocycles. The van der Waals surface area contributed by atoms with Crippen LogP contribution < -0.4 is 5.43 Å². The van der Waals surface area contributed by atoms with Crippen LogP contribution in [0.15, 0.2) is 59.4 Å². The molecule has 1 N–H and O–H groups in total. The maximum absolute atomic E-state index is 13.1. The number of aromatic amines is 1. The van der Waals surface area contributed by atoms with Crippen LogP contribution in [0.1, 0.15) is 24.1 Å². The highest BCUT2D eigenvalue weighted by Gasteiger charge is 2.21. The molecule has 30 heavy (non-hydrogen) atoms. The average molecular weight is 408 g/mol. The molecule has 2 aromatic carbocycles. The number of pyridine rings is 1. The quantitative estimate of drug-likeness (QED) is 0.642. The van der Waals surface area contributed by atoms with Crippen LogP contribution in [-0.2, 0) is 13.0 Å². The Labute approximate surface area is 177 Å². The number of rotatable bonds is 7. The molecule has 1 atom stereocenters. The number of para-hydroxylation sites is 1. The van der Waals surface area contributed by atoms with Crippen LogP contribution in [0, 0.1) is 11.7 Å². The van der Waals surface area contributed by atoms with E-state index in [2.05, 4.69) is 21.8 Å². The van der Waals surface area contributed by atoms with Crippen LogP contribution in [0.25, 0.3) is 10.9 Å². The normalized spacial score (nSPS) is 17.6. The fourth-order valence-electron chi connectivity index (χ4n) is 4.58. The zero-order valence-corrected chi connectivity index (χ0v) is 17.6. The molecule has 0 radical (unpaired) electrons. The number of H-pyrrole nitrogens is 1. The molecule has 4 nitrogen and oxygen atoms in total. The Bertz CT molecular complexity index is 1030. The third-order valence-electron chi connectivity index (χ3n) is 6.04. The lowest BCUT2D eigenvalue weighted by molar-refractivity contribution is 0.142. The first-order valence-electron chi connectivity index (χ1n) is 10.8. The van der Waals surface area contributed by atoms with Gasteiger partial charge in [0.15, 0.2) is 5.43 Å². The van der Waals surface area contributed by atoms with Crippen molar-refractivity contribution in [3.63, 3.8) is 0 Å². The molecule has 0 aliphatic carbocycles. The second-order valence-corrected chi connectivity index (χ2v) is 8.59. The van der Waals surface area contributed by atoms with Gasteiger partial charge >= 0.3 is 0 Å². The van der Waals surface area contributed by atoms with E-state index < -0.39 is 0 Å². The first-order chi connectivity index (χ1) is 14.6. The van der Waals surface area contributed by atoms with E-state index in [9.17, 15) is 9.18 Å². The summed E-state index contributed by atoms with van der Waals surface area (Å²) in [6, 6.07) is 16.3. The van der Waals surface area contributed by atoms with Gasteiger partial charge in [0.1, 0.15) is 5.82 Å². The first kappa shape index (κ1) is 20.8. The maximum atomic E-state index is 13.1. The summed E-state index contributed by atoms with van der Waals surface area (Å²) in [4.78, 5) is 20.6. The predicted octanol–water partition coefficient (Wildman–Crippen LogP) is 4.05. The van der Waals surface area contributed by atoms with E-state index in [1.54, 1.807) is 18.2 Å². The molecular formula is C25H30FN3O. The summed E-state index contributed by atoms with van der Waals surface area (Å²) in [5, 5.41) is 0.743. The molecule has 0 spiro atoms. The van der Waals surface area contributed by atoms with E-state index in [4.69, 9.17) is 0 Å². The lowest BCUT2D eigenvalue weighted by atomic mass is 9.97. The van der Waals surface area contributed by atoms with Crippen molar-refractivity contribution in [2.45, 2.75) is 25.8 Å². The highest BCUT2D eigenvalue weighted by atomic mass is 19.1. The number of hydrogen-bond donors (Lipinski definition) is 1. The van der Waals surface area contributed by atoms with Crippen LogP contribution in [0.3, 0.4) is 0 Å². The minimum Gasteiger partial charge on any atom is -0.357 e. The van der Waals surface area contributed by atoms with Crippen molar-refractivity contribution in [1.82, 2.24) is 14.8 Å². The molecule has 0 bridgehead atoms. The number of fused-ring (bicyclic) bond motifs is 1. The van der Waals surface area contributed by atoms with E-state index >= 15 is 0 Å². The van der Waals surface area contributed by atoms with Gasteiger partial charge in [-0.2, -0.15) is 0 Å². The fraction of sp³-hybridized carbons (Fsp3) is 0.400. The van der Waals surface area contributed by atoms with Crippen molar-refractivity contribution in [2.24, 2.45) is 5.92 Å². The van der Waals surface area contributed by atoms with Gasteiger partial charge in [0.25, 0.3) is 0 Å². The number of nitrogens with zero attached hydrogens (tertiary/aromatic N) is 2. The molecule has 5 heteroatoms. The van der Waals surface area contributed by atoms with Gasteiger partial charge in [0, 0.05) is 48.8 Å². The number of hydrogen-bond acceptors (Lipinski definition) is 3. The van der Waals surface area contributed by atoms with Crippen LogP contribution >= 0.6 is 0 Å². The Hall–Kier alpha value is -2.50. The first-order valence-corrected chi connectivity index (χ1v) is 10.8. The zero-order valence-electron chi connectivity index (χ0n) is 17.6. The highest BCUT2D eigenvalue weighted by Crippen LogP contribution is 2.19. The largest absolute Gasteiger partial charge is 0.357 e. The van der Waals surface area contributed by atoms with Gasteiger partial charge < -0.3 is 14.8 Å². The average Bonchev–Trinajstić information content (AvgIpc) is 2.73. The molecule has 0 amide bonds. The van der Waals surface area contributed by atoms with Crippen molar-refractivity contribution in [3.8, 4) is 0 Å². The zero-order chi connectivity index (χ0) is 20.9. The molecule has 1 aliphatic rings. The standard InChI is InChI=1S/C25H30FN3O/c1-28(18-22-15-25(30)23-6-2-3-7-24(23)27-22)16-20-5-4-13-29(17-20)14-12-19-8-10-21(26)11-9-19/h2-3,6-11,15,20H,4-5,12-14,16-18H2,1H3,(H,27,30). The number of aromatic nitrogens is 1. The minimum absolute atomic E-state index is 0.0809. The third kappa shape index (κ3) is 5.35. The number of benzene rings is 2. The van der Waals surface area contributed by atoms with Gasteiger partial charge in [-0.3, -0.25) is 4.79 Å². The summed E-state index contributed by atoms with van der Waals surface area (Å²) in [6.07, 6.45) is 3.42. The van der Waals surface area contributed by atoms with Gasteiger partial charge in [-0.1, -0.05) is 24.3 Å². The number of likely N-dealkylation sites (tertiary alicyclic amines) is 1. The Morgan fingerprint density at radius 2 is 1.97 bits per heavy atom. The van der Waals surface area contributed by atoms with Crippen LogP contribution in [0.4, 0.5) is 4.39 Å². The van der Waals surface area contributed by atoms with Gasteiger partial charge in [-0.25, -0.2) is 4.39 Å². The number of halogens is 1. The van der Waals surface area contributed by atoms with E-state index in [0.29, 0.717) is 5.92 Å². The molecule has 1 unspecified atom stereocenters. The van der Waals surface area contributed by atoms with Crippen molar-refractivity contribution in [3.05, 3.63) is 81.9 Å². The topological polar surface area (TPSA) is 39.3 Å². The molecule has 2 heterocycles.